The number of amides is 1. The third-order valence-electron chi connectivity index (χ3n) is 4.74. The number of nitro benzene ring substituents is 1. The van der Waals surface area contributed by atoms with Crippen LogP contribution in [0.4, 0.5) is 24.5 Å². The number of nitrogens with zero attached hydrogens (tertiary/aromatic N) is 4. The zero-order valence-corrected chi connectivity index (χ0v) is 17.9. The van der Waals surface area contributed by atoms with Gasteiger partial charge in [0.1, 0.15) is 10.8 Å². The zero-order chi connectivity index (χ0) is 24.6. The molecule has 13 heteroatoms. The lowest BCUT2D eigenvalue weighted by Gasteiger charge is -2.11. The fourth-order valence-electron chi connectivity index (χ4n) is 3.13. The van der Waals surface area contributed by atoms with Crippen molar-refractivity contribution in [1.29, 1.82) is 0 Å². The summed E-state index contributed by atoms with van der Waals surface area (Å²) in [5, 5.41) is 16.5. The second-order valence-corrected chi connectivity index (χ2v) is 7.29. The van der Waals surface area contributed by atoms with Crippen molar-refractivity contribution in [3.05, 3.63) is 81.1 Å². The van der Waals surface area contributed by atoms with Crippen LogP contribution in [0, 0.1) is 10.1 Å². The number of hydrogen-bond acceptors (Lipinski definition) is 6. The first-order valence-electron chi connectivity index (χ1n) is 9.45. The smallest absolute Gasteiger partial charge is 0.433 e. The molecule has 0 unspecified atom stereocenters. The maximum Gasteiger partial charge on any atom is 0.433 e. The lowest BCUT2D eigenvalue weighted by molar-refractivity contribution is -0.384. The van der Waals surface area contributed by atoms with Crippen LogP contribution in [0.2, 0.25) is 5.02 Å². The maximum absolute atomic E-state index is 13.8. The average molecular weight is 492 g/mol. The summed E-state index contributed by atoms with van der Waals surface area (Å²) in [6.07, 6.45) is -4.84. The monoisotopic (exact) mass is 491 g/mol. The SMILES string of the molecule is COc1cccc(-c2cc(C(F)(F)F)n3nc(C(=O)Nc4ccc([N+](=O)[O-])cc4)c(Cl)c3n2)c1. The lowest BCUT2D eigenvalue weighted by atomic mass is 10.1. The van der Waals surface area contributed by atoms with Gasteiger partial charge in [0.15, 0.2) is 17.0 Å². The number of alkyl halides is 3. The molecule has 1 amide bonds. The number of nitro groups is 1. The lowest BCUT2D eigenvalue weighted by Crippen LogP contribution is -2.15. The van der Waals surface area contributed by atoms with Gasteiger partial charge in [-0.2, -0.15) is 18.3 Å². The third-order valence-corrected chi connectivity index (χ3v) is 5.09. The molecule has 2 heterocycles. The number of methoxy groups -OCH3 is 1. The summed E-state index contributed by atoms with van der Waals surface area (Å²) in [6.45, 7) is 0. The van der Waals surface area contributed by atoms with Gasteiger partial charge in [0.25, 0.3) is 11.6 Å². The number of halogens is 4. The van der Waals surface area contributed by atoms with Crippen molar-refractivity contribution in [3.63, 3.8) is 0 Å². The molecule has 4 rings (SSSR count). The normalized spacial score (nSPS) is 11.4. The van der Waals surface area contributed by atoms with E-state index in [0.29, 0.717) is 15.8 Å². The van der Waals surface area contributed by atoms with E-state index in [-0.39, 0.29) is 22.7 Å². The van der Waals surface area contributed by atoms with E-state index in [2.05, 4.69) is 15.4 Å². The summed E-state index contributed by atoms with van der Waals surface area (Å²) < 4.78 is 47.1. The van der Waals surface area contributed by atoms with Crippen molar-refractivity contribution in [2.75, 3.05) is 12.4 Å². The number of hydrogen-bond donors (Lipinski definition) is 1. The van der Waals surface area contributed by atoms with Gasteiger partial charge in [-0.25, -0.2) is 9.50 Å². The highest BCUT2D eigenvalue weighted by Crippen LogP contribution is 2.35. The van der Waals surface area contributed by atoms with E-state index in [4.69, 9.17) is 16.3 Å². The van der Waals surface area contributed by atoms with Crippen molar-refractivity contribution in [2.45, 2.75) is 6.18 Å². The van der Waals surface area contributed by atoms with Crippen molar-refractivity contribution in [3.8, 4) is 17.0 Å². The van der Waals surface area contributed by atoms with Gasteiger partial charge in [-0.15, -0.1) is 0 Å². The van der Waals surface area contributed by atoms with Crippen LogP contribution in [0.25, 0.3) is 16.9 Å². The quantitative estimate of drug-likeness (QED) is 0.302. The van der Waals surface area contributed by atoms with E-state index in [1.807, 2.05) is 0 Å². The Morgan fingerprint density at radius 2 is 1.88 bits per heavy atom. The molecule has 0 aliphatic heterocycles. The Bertz CT molecular complexity index is 1420. The Hall–Kier alpha value is -4.19. The number of nitrogens with one attached hydrogen (secondary N) is 1. The van der Waals surface area contributed by atoms with Crippen LogP contribution in [0.15, 0.2) is 54.6 Å². The Labute approximate surface area is 193 Å². The van der Waals surface area contributed by atoms with Gasteiger partial charge < -0.3 is 10.1 Å². The van der Waals surface area contributed by atoms with E-state index >= 15 is 0 Å². The first-order chi connectivity index (χ1) is 16.1. The number of ether oxygens (including phenoxy) is 1. The standard InChI is InChI=1S/C21H13ClF3N5O4/c1-34-14-4-2-3-11(9-14)15-10-16(21(23,24)25)29-19(27-15)17(22)18(28-29)20(31)26-12-5-7-13(8-6-12)30(32)33/h2-10H,1H3,(H,26,31). The molecule has 0 saturated carbocycles. The van der Waals surface area contributed by atoms with Crippen LogP contribution in [-0.2, 0) is 6.18 Å². The number of rotatable bonds is 5. The molecule has 0 aliphatic carbocycles. The molecule has 34 heavy (non-hydrogen) atoms. The Morgan fingerprint density at radius 3 is 2.50 bits per heavy atom. The summed E-state index contributed by atoms with van der Waals surface area (Å²) in [6, 6.07) is 11.9. The van der Waals surface area contributed by atoms with Crippen LogP contribution < -0.4 is 10.1 Å². The van der Waals surface area contributed by atoms with Crippen LogP contribution in [0.3, 0.4) is 0 Å². The first kappa shape index (κ1) is 23.0. The minimum atomic E-state index is -4.84. The number of non-ortho nitro benzene ring substituents is 1. The van der Waals surface area contributed by atoms with Crippen molar-refractivity contribution >= 4 is 34.5 Å². The molecule has 4 aromatic rings. The van der Waals surface area contributed by atoms with Crippen LogP contribution >= 0.6 is 11.6 Å². The fourth-order valence-corrected chi connectivity index (χ4v) is 3.37. The predicted octanol–water partition coefficient (Wildman–Crippen LogP) is 5.24. The highest BCUT2D eigenvalue weighted by molar-refractivity contribution is 6.37. The van der Waals surface area contributed by atoms with Gasteiger partial charge >= 0.3 is 6.18 Å². The second kappa shape index (κ2) is 8.63. The first-order valence-corrected chi connectivity index (χ1v) is 9.83. The topological polar surface area (TPSA) is 112 Å². The molecule has 0 aliphatic rings. The molecule has 0 spiro atoms. The largest absolute Gasteiger partial charge is 0.497 e. The summed E-state index contributed by atoms with van der Waals surface area (Å²) in [5.74, 6) is -0.504. The van der Waals surface area contributed by atoms with Crippen LogP contribution in [0.5, 0.6) is 5.75 Å². The van der Waals surface area contributed by atoms with Crippen molar-refractivity contribution in [1.82, 2.24) is 14.6 Å². The number of fused-ring (bicyclic) bond motifs is 1. The molecule has 2 aromatic heterocycles. The minimum Gasteiger partial charge on any atom is -0.497 e. The van der Waals surface area contributed by atoms with E-state index in [1.165, 1.54) is 25.3 Å². The van der Waals surface area contributed by atoms with Crippen LogP contribution in [0.1, 0.15) is 16.2 Å². The van der Waals surface area contributed by atoms with Gasteiger partial charge in [-0.3, -0.25) is 14.9 Å². The van der Waals surface area contributed by atoms with Crippen molar-refractivity contribution in [2.24, 2.45) is 0 Å². The summed E-state index contributed by atoms with van der Waals surface area (Å²) >= 11 is 6.24. The number of carbonyl (C=O) groups is 1. The van der Waals surface area contributed by atoms with Crippen LogP contribution in [-0.4, -0.2) is 32.5 Å². The van der Waals surface area contributed by atoms with Gasteiger partial charge in [0, 0.05) is 23.4 Å². The molecule has 0 radical (unpaired) electrons. The highest BCUT2D eigenvalue weighted by atomic mass is 35.5. The molecular formula is C21H13ClF3N5O4. The second-order valence-electron chi connectivity index (χ2n) is 6.91. The van der Waals surface area contributed by atoms with Gasteiger partial charge in [0.05, 0.1) is 17.7 Å². The Morgan fingerprint density at radius 1 is 1.18 bits per heavy atom. The third kappa shape index (κ3) is 4.35. The van der Waals surface area contributed by atoms with Gasteiger partial charge in [0.2, 0.25) is 0 Å². The number of anilines is 1. The molecule has 2 aromatic carbocycles. The predicted molar refractivity (Wildman–Crippen MR) is 116 cm³/mol. The average Bonchev–Trinajstić information content (AvgIpc) is 3.14. The summed E-state index contributed by atoms with van der Waals surface area (Å²) in [7, 11) is 1.42. The number of aromatic nitrogens is 3. The minimum absolute atomic E-state index is 0.0529. The summed E-state index contributed by atoms with van der Waals surface area (Å²) in [5.41, 5.74) is -1.82. The van der Waals surface area contributed by atoms with E-state index in [9.17, 15) is 28.1 Å². The van der Waals surface area contributed by atoms with E-state index in [1.54, 1.807) is 18.2 Å². The molecule has 1 N–H and O–H groups in total. The highest BCUT2D eigenvalue weighted by Gasteiger charge is 2.36. The number of benzene rings is 2. The molecule has 0 bridgehead atoms. The molecule has 0 fully saturated rings. The van der Waals surface area contributed by atoms with Gasteiger partial charge in [-0.1, -0.05) is 23.7 Å². The van der Waals surface area contributed by atoms with E-state index < -0.39 is 33.4 Å². The Balaban J connectivity index is 1.79. The molecule has 0 saturated heterocycles. The Kier molecular flexibility index (Phi) is 5.83. The molecule has 0 atom stereocenters. The molecular weight excluding hydrogens is 479 g/mol. The fraction of sp³-hybridized carbons (Fsp3) is 0.0952. The van der Waals surface area contributed by atoms with Gasteiger partial charge in [-0.05, 0) is 30.3 Å². The zero-order valence-electron chi connectivity index (χ0n) is 17.1. The maximum atomic E-state index is 13.8. The number of carbonyl (C=O) groups excluding carboxylic acids is 1. The van der Waals surface area contributed by atoms with E-state index in [0.717, 1.165) is 18.2 Å². The van der Waals surface area contributed by atoms with Crippen molar-refractivity contribution < 1.29 is 27.6 Å². The molecule has 9 nitrogen and oxygen atoms in total. The molecule has 174 valence electrons. The summed E-state index contributed by atoms with van der Waals surface area (Å²) in [4.78, 5) is 27.0.